The van der Waals surface area contributed by atoms with Crippen molar-refractivity contribution in [3.63, 3.8) is 0 Å². The second-order valence-corrected chi connectivity index (χ2v) is 15.4. The van der Waals surface area contributed by atoms with E-state index in [1.165, 1.54) is 55.6 Å². The van der Waals surface area contributed by atoms with Crippen LogP contribution in [-0.4, -0.2) is 0 Å². The summed E-state index contributed by atoms with van der Waals surface area (Å²) in [5.41, 5.74) is 16.1. The monoisotopic (exact) mass is 607 g/mol. The maximum absolute atomic E-state index is 3.88. The fourth-order valence-corrected chi connectivity index (χ4v) is 10.1. The lowest BCUT2D eigenvalue weighted by Crippen LogP contribution is -2.28. The van der Waals surface area contributed by atoms with Crippen LogP contribution < -0.4 is 5.32 Å². The van der Waals surface area contributed by atoms with E-state index in [4.69, 9.17) is 0 Å². The lowest BCUT2D eigenvalue weighted by Gasteiger charge is -2.34. The van der Waals surface area contributed by atoms with Gasteiger partial charge in [-0.1, -0.05) is 149 Å². The Labute approximate surface area is 279 Å². The smallest absolute Gasteiger partial charge is 0.0714 e. The van der Waals surface area contributed by atoms with Gasteiger partial charge in [0.25, 0.3) is 0 Å². The molecule has 6 aromatic rings. The van der Waals surface area contributed by atoms with Crippen LogP contribution in [0.5, 0.6) is 0 Å². The summed E-state index contributed by atoms with van der Waals surface area (Å²) in [6.07, 6.45) is 2.31. The van der Waals surface area contributed by atoms with E-state index in [9.17, 15) is 0 Å². The summed E-state index contributed by atoms with van der Waals surface area (Å²) in [5.74, 6) is 0. The van der Waals surface area contributed by atoms with Crippen LogP contribution in [0.2, 0.25) is 0 Å². The van der Waals surface area contributed by atoms with Crippen LogP contribution in [0.4, 0.5) is 11.4 Å². The van der Waals surface area contributed by atoms with Gasteiger partial charge in [0.05, 0.1) is 5.41 Å². The Morgan fingerprint density at radius 3 is 1.53 bits per heavy atom. The zero-order valence-electron chi connectivity index (χ0n) is 27.8. The van der Waals surface area contributed by atoms with Crippen molar-refractivity contribution >= 4 is 11.4 Å². The van der Waals surface area contributed by atoms with Gasteiger partial charge in [-0.15, -0.1) is 0 Å². The Morgan fingerprint density at radius 2 is 0.872 bits per heavy atom. The highest BCUT2D eigenvalue weighted by Crippen LogP contribution is 2.63. The Bertz CT molecular complexity index is 2130. The molecule has 1 unspecified atom stereocenters. The van der Waals surface area contributed by atoms with Crippen molar-refractivity contribution < 1.29 is 0 Å². The molecule has 1 nitrogen and oxygen atoms in total. The van der Waals surface area contributed by atoms with Gasteiger partial charge < -0.3 is 5.32 Å². The maximum atomic E-state index is 3.88. The van der Waals surface area contributed by atoms with Gasteiger partial charge in [-0.3, -0.25) is 0 Å². The number of rotatable bonds is 4. The Balaban J connectivity index is 1.17. The van der Waals surface area contributed by atoms with Crippen molar-refractivity contribution in [2.75, 3.05) is 5.32 Å². The van der Waals surface area contributed by atoms with E-state index < -0.39 is 5.41 Å². The molecule has 3 aliphatic carbocycles. The molecule has 1 spiro atoms. The van der Waals surface area contributed by atoms with Crippen molar-refractivity contribution in [2.24, 2.45) is 0 Å². The first kappa shape index (κ1) is 28.4. The number of hydrogen-bond acceptors (Lipinski definition) is 1. The zero-order valence-corrected chi connectivity index (χ0v) is 27.8. The van der Waals surface area contributed by atoms with Crippen molar-refractivity contribution in [3.05, 3.63) is 190 Å². The Hall–Kier alpha value is -4.88. The van der Waals surface area contributed by atoms with Crippen LogP contribution in [0.1, 0.15) is 85.0 Å². The molecule has 0 saturated carbocycles. The topological polar surface area (TPSA) is 12.0 Å². The molecule has 1 heteroatoms. The van der Waals surface area contributed by atoms with Gasteiger partial charge in [-0.25, -0.2) is 0 Å². The summed E-state index contributed by atoms with van der Waals surface area (Å²) in [4.78, 5) is 0. The largest absolute Gasteiger partial charge is 0.356 e. The summed E-state index contributed by atoms with van der Waals surface area (Å²) in [5, 5.41) is 3.88. The van der Waals surface area contributed by atoms with E-state index in [2.05, 4.69) is 179 Å². The first-order valence-electron chi connectivity index (χ1n) is 17.1. The van der Waals surface area contributed by atoms with Gasteiger partial charge in [0.2, 0.25) is 0 Å². The molecular formula is C46H41N. The molecule has 0 aromatic heterocycles. The minimum absolute atomic E-state index is 0.0712. The van der Waals surface area contributed by atoms with Crippen LogP contribution in [0.3, 0.4) is 0 Å². The summed E-state index contributed by atoms with van der Waals surface area (Å²) < 4.78 is 0. The summed E-state index contributed by atoms with van der Waals surface area (Å²) in [7, 11) is 0. The van der Waals surface area contributed by atoms with Crippen LogP contribution >= 0.6 is 0 Å². The minimum atomic E-state index is -0.402. The van der Waals surface area contributed by atoms with E-state index >= 15 is 0 Å². The molecule has 0 saturated heterocycles. The van der Waals surface area contributed by atoms with Gasteiger partial charge in [-0.2, -0.15) is 0 Å². The van der Waals surface area contributed by atoms with Crippen molar-refractivity contribution in [1.29, 1.82) is 0 Å². The number of benzene rings is 6. The quantitative estimate of drug-likeness (QED) is 0.210. The number of anilines is 2. The van der Waals surface area contributed by atoms with Gasteiger partial charge in [0, 0.05) is 16.8 Å². The standard InChI is InChI=1S/C46H41N/c1-43(2)29-45(39-22-14-13-21-38(39)43)30-44(3,4)42-28-34(24-26-40(42)45)47-33-23-25-36-35-19-11-12-20-37(35)46(41(36)27-33,31-15-7-5-8-16-31)32-17-9-6-10-18-32/h5-28,47H,29-30H2,1-4H3. The van der Waals surface area contributed by atoms with Crippen molar-refractivity contribution in [1.82, 2.24) is 0 Å². The molecule has 0 fully saturated rings. The van der Waals surface area contributed by atoms with Gasteiger partial charge in [0.15, 0.2) is 0 Å². The average molecular weight is 608 g/mol. The summed E-state index contributed by atoms with van der Waals surface area (Å²) in [6.45, 7) is 9.75. The van der Waals surface area contributed by atoms with E-state index in [1.807, 2.05) is 0 Å². The summed E-state index contributed by atoms with van der Waals surface area (Å²) in [6, 6.07) is 54.5. The fraction of sp³-hybridized carbons (Fsp3) is 0.217. The highest BCUT2D eigenvalue weighted by molar-refractivity contribution is 5.88. The molecule has 0 bridgehead atoms. The van der Waals surface area contributed by atoms with Gasteiger partial charge in [-0.05, 0) is 104 Å². The SMILES string of the molecule is CC1(C)CC2(CC(C)(C)c3cc(Nc4ccc5c(c4)C(c4ccccc4)(c4ccccc4)c4ccccc4-5)ccc32)c2ccccc21. The van der Waals surface area contributed by atoms with E-state index in [-0.39, 0.29) is 16.2 Å². The van der Waals surface area contributed by atoms with E-state index in [0.29, 0.717) is 0 Å². The highest BCUT2D eigenvalue weighted by Gasteiger charge is 2.56. The molecule has 230 valence electrons. The Kier molecular flexibility index (Phi) is 5.92. The molecule has 6 aromatic carbocycles. The number of hydrogen-bond donors (Lipinski definition) is 1. The van der Waals surface area contributed by atoms with Crippen LogP contribution in [0.15, 0.2) is 146 Å². The van der Waals surface area contributed by atoms with E-state index in [0.717, 1.165) is 24.2 Å². The molecule has 1 N–H and O–H groups in total. The molecule has 0 aliphatic heterocycles. The fourth-order valence-electron chi connectivity index (χ4n) is 10.1. The molecule has 47 heavy (non-hydrogen) atoms. The third-order valence-electron chi connectivity index (χ3n) is 11.7. The van der Waals surface area contributed by atoms with Crippen LogP contribution in [0.25, 0.3) is 11.1 Å². The van der Waals surface area contributed by atoms with Crippen molar-refractivity contribution in [2.45, 2.75) is 62.2 Å². The lowest BCUT2D eigenvalue weighted by atomic mass is 9.67. The lowest BCUT2D eigenvalue weighted by molar-refractivity contribution is 0.349. The molecule has 0 radical (unpaired) electrons. The first-order valence-corrected chi connectivity index (χ1v) is 17.1. The second-order valence-electron chi connectivity index (χ2n) is 15.4. The van der Waals surface area contributed by atoms with Crippen LogP contribution in [0, 0.1) is 0 Å². The normalized spacial score (nSPS) is 20.3. The summed E-state index contributed by atoms with van der Waals surface area (Å²) >= 11 is 0. The molecule has 0 heterocycles. The number of fused-ring (bicyclic) bond motifs is 7. The number of nitrogens with one attached hydrogen (secondary N) is 1. The maximum Gasteiger partial charge on any atom is 0.0714 e. The van der Waals surface area contributed by atoms with E-state index in [1.54, 1.807) is 0 Å². The first-order chi connectivity index (χ1) is 22.7. The zero-order chi connectivity index (χ0) is 32.0. The molecular weight excluding hydrogens is 567 g/mol. The van der Waals surface area contributed by atoms with Gasteiger partial charge >= 0.3 is 0 Å². The van der Waals surface area contributed by atoms with Gasteiger partial charge in [0.1, 0.15) is 0 Å². The predicted molar refractivity (Wildman–Crippen MR) is 196 cm³/mol. The molecule has 3 aliphatic rings. The average Bonchev–Trinajstić information content (AvgIpc) is 3.60. The predicted octanol–water partition coefficient (Wildman–Crippen LogP) is 11.4. The van der Waals surface area contributed by atoms with Crippen molar-refractivity contribution in [3.8, 4) is 11.1 Å². The third-order valence-corrected chi connectivity index (χ3v) is 11.7. The van der Waals surface area contributed by atoms with Crippen LogP contribution in [-0.2, 0) is 21.7 Å². The highest BCUT2D eigenvalue weighted by atomic mass is 14.9. The molecule has 0 amide bonds. The molecule has 9 rings (SSSR count). The molecule has 1 atom stereocenters. The second kappa shape index (κ2) is 9.81. The third kappa shape index (κ3) is 3.89. The Morgan fingerprint density at radius 1 is 0.404 bits per heavy atom. The minimum Gasteiger partial charge on any atom is -0.356 e.